The molecule has 2 heterocycles. The van der Waals surface area contributed by atoms with Crippen LogP contribution < -0.4 is 15.8 Å². The van der Waals surface area contributed by atoms with Gasteiger partial charge in [0.15, 0.2) is 0 Å². The lowest BCUT2D eigenvalue weighted by Crippen LogP contribution is -2.38. The van der Waals surface area contributed by atoms with Gasteiger partial charge >= 0.3 is 0 Å². The van der Waals surface area contributed by atoms with Gasteiger partial charge in [0.2, 0.25) is 5.91 Å². The number of nitrogens with two attached hydrogens (primary N) is 1. The van der Waals surface area contributed by atoms with Crippen LogP contribution in [-0.4, -0.2) is 74.5 Å². The molecule has 0 radical (unpaired) electrons. The summed E-state index contributed by atoms with van der Waals surface area (Å²) in [5.74, 6) is 2.70. The van der Waals surface area contributed by atoms with Crippen LogP contribution in [0.3, 0.4) is 0 Å². The van der Waals surface area contributed by atoms with Gasteiger partial charge in [0.25, 0.3) is 12.9 Å². The van der Waals surface area contributed by atoms with E-state index in [1.807, 2.05) is 48.7 Å². The van der Waals surface area contributed by atoms with Crippen molar-refractivity contribution in [2.45, 2.75) is 52.1 Å². The molecular weight excluding hydrogens is 588 g/mol. The summed E-state index contributed by atoms with van der Waals surface area (Å²) in [6, 6.07) is 18.1. The van der Waals surface area contributed by atoms with Crippen LogP contribution in [0.5, 0.6) is 5.75 Å². The molecule has 2 aromatic heterocycles. The summed E-state index contributed by atoms with van der Waals surface area (Å²) in [5, 5.41) is 16.9. The van der Waals surface area contributed by atoms with Crippen LogP contribution in [0.1, 0.15) is 56.8 Å². The summed E-state index contributed by atoms with van der Waals surface area (Å²) in [7, 11) is 0. The molecule has 0 spiro atoms. The first-order chi connectivity index (χ1) is 22.4. The quantitative estimate of drug-likeness (QED) is 0.170. The summed E-state index contributed by atoms with van der Waals surface area (Å²) >= 11 is 0. The maximum absolute atomic E-state index is 12.8. The maximum atomic E-state index is 12.8. The van der Waals surface area contributed by atoms with Gasteiger partial charge in [0.1, 0.15) is 35.2 Å². The molecule has 1 aliphatic carbocycles. The number of amides is 1. The van der Waals surface area contributed by atoms with E-state index in [4.69, 9.17) is 35.3 Å². The highest BCUT2D eigenvalue weighted by Gasteiger charge is 2.30. The Morgan fingerprint density at radius 1 is 1.04 bits per heavy atom. The Morgan fingerprint density at radius 2 is 1.72 bits per heavy atom. The fourth-order valence-electron chi connectivity index (χ4n) is 5.69. The Balaban J connectivity index is 0.000000891. The molecule has 12 nitrogen and oxygen atoms in total. The highest BCUT2D eigenvalue weighted by atomic mass is 16.5. The van der Waals surface area contributed by atoms with Crippen molar-refractivity contribution >= 4 is 30.2 Å². The molecule has 1 fully saturated rings. The van der Waals surface area contributed by atoms with Crippen LogP contribution in [0.15, 0.2) is 67.0 Å². The molecule has 0 bridgehead atoms. The van der Waals surface area contributed by atoms with Crippen LogP contribution in [0.4, 0.5) is 5.82 Å². The van der Waals surface area contributed by atoms with E-state index >= 15 is 0 Å². The number of hydrogen-bond donors (Lipinski definition) is 4. The van der Waals surface area contributed by atoms with Crippen LogP contribution in [0.2, 0.25) is 0 Å². The zero-order chi connectivity index (χ0) is 33.3. The van der Waals surface area contributed by atoms with Gasteiger partial charge in [-0.1, -0.05) is 56.3 Å². The van der Waals surface area contributed by atoms with E-state index in [0.29, 0.717) is 19.0 Å². The fraction of sp³-hybridized carbons (Fsp3) is 0.382. The van der Waals surface area contributed by atoms with E-state index in [9.17, 15) is 4.79 Å². The number of nitrogens with zero attached hydrogens (tertiary/aromatic N) is 4. The number of carbonyl (C=O) groups is 3. The topological polar surface area (TPSA) is 172 Å². The van der Waals surface area contributed by atoms with Gasteiger partial charge < -0.3 is 30.9 Å². The van der Waals surface area contributed by atoms with Gasteiger partial charge in [0, 0.05) is 42.9 Å². The minimum Gasteiger partial charge on any atom is -0.489 e. The average molecular weight is 633 g/mol. The van der Waals surface area contributed by atoms with Gasteiger partial charge in [-0.3, -0.25) is 18.8 Å². The second-order valence-electron chi connectivity index (χ2n) is 10.7. The molecule has 1 aliphatic rings. The number of hydrogen-bond acceptors (Lipinski definition) is 8. The highest BCUT2D eigenvalue weighted by Crippen LogP contribution is 2.39. The van der Waals surface area contributed by atoms with Crippen molar-refractivity contribution in [2.24, 2.45) is 5.92 Å². The Kier molecular flexibility index (Phi) is 14.5. The number of ether oxygens (including phenoxy) is 1. The van der Waals surface area contributed by atoms with Crippen molar-refractivity contribution in [2.75, 3.05) is 31.9 Å². The third-order valence-electron chi connectivity index (χ3n) is 8.05. The normalized spacial score (nSPS) is 15.5. The standard InChI is InChI=1S/C32H40N6O2.2CH2O2/c1-3-37(4-2)19-17-35-32(39)25-15-13-24(14-16-25)31-36-28(29-30(33)34-18-20-38(29)31)26-11-8-12-27(21-26)40-22-23-9-6-5-7-10-23;2*2-1-3/h5-12,18,20-21,24-25H,3-4,13-17,19,22H2,1-2H3,(H2,33,34)(H,35,39);2*1H,(H,2,3). The summed E-state index contributed by atoms with van der Waals surface area (Å²) in [5.41, 5.74) is 10.1. The van der Waals surface area contributed by atoms with Crippen LogP contribution in [0, 0.1) is 5.92 Å². The van der Waals surface area contributed by atoms with E-state index in [1.54, 1.807) is 6.20 Å². The van der Waals surface area contributed by atoms with Crippen LogP contribution >= 0.6 is 0 Å². The highest BCUT2D eigenvalue weighted by molar-refractivity contribution is 5.85. The molecule has 2 aromatic carbocycles. The lowest BCUT2D eigenvalue weighted by atomic mass is 9.81. The Bertz CT molecular complexity index is 1510. The van der Waals surface area contributed by atoms with Crippen molar-refractivity contribution in [3.05, 3.63) is 78.4 Å². The summed E-state index contributed by atoms with van der Waals surface area (Å²) in [4.78, 5) is 41.4. The van der Waals surface area contributed by atoms with E-state index in [2.05, 4.69) is 45.6 Å². The monoisotopic (exact) mass is 632 g/mol. The summed E-state index contributed by atoms with van der Waals surface area (Å²) in [6.07, 6.45) is 7.21. The minimum absolute atomic E-state index is 0.0591. The lowest BCUT2D eigenvalue weighted by Gasteiger charge is -2.27. The summed E-state index contributed by atoms with van der Waals surface area (Å²) < 4.78 is 8.17. The average Bonchev–Trinajstić information content (AvgIpc) is 3.48. The van der Waals surface area contributed by atoms with Gasteiger partial charge in [-0.2, -0.15) is 0 Å². The van der Waals surface area contributed by atoms with Gasteiger partial charge in [-0.05, 0) is 56.5 Å². The molecule has 46 heavy (non-hydrogen) atoms. The first-order valence-electron chi connectivity index (χ1n) is 15.5. The van der Waals surface area contributed by atoms with Crippen molar-refractivity contribution in [3.63, 3.8) is 0 Å². The van der Waals surface area contributed by atoms with Crippen LogP contribution in [0.25, 0.3) is 16.8 Å². The second-order valence-corrected chi connectivity index (χ2v) is 10.7. The number of aromatic nitrogens is 3. The number of imidazole rings is 1. The summed E-state index contributed by atoms with van der Waals surface area (Å²) in [6.45, 7) is 7.90. The molecule has 1 amide bonds. The molecule has 4 aromatic rings. The molecule has 0 atom stereocenters. The van der Waals surface area contributed by atoms with Crippen molar-refractivity contribution < 1.29 is 29.3 Å². The first-order valence-corrected chi connectivity index (χ1v) is 15.5. The predicted octanol–water partition coefficient (Wildman–Crippen LogP) is 4.69. The molecule has 12 heteroatoms. The molecule has 0 aliphatic heterocycles. The number of benzene rings is 2. The number of nitrogens with one attached hydrogen (secondary N) is 1. The second kappa shape index (κ2) is 18.7. The van der Waals surface area contributed by atoms with E-state index in [0.717, 1.165) is 79.2 Å². The van der Waals surface area contributed by atoms with E-state index in [1.165, 1.54) is 0 Å². The molecule has 0 saturated heterocycles. The third-order valence-corrected chi connectivity index (χ3v) is 8.05. The maximum Gasteiger partial charge on any atom is 0.290 e. The number of anilines is 1. The number of carbonyl (C=O) groups excluding carboxylic acids is 1. The van der Waals surface area contributed by atoms with Crippen molar-refractivity contribution in [1.82, 2.24) is 24.6 Å². The third kappa shape index (κ3) is 9.77. The Labute approximate surface area is 269 Å². The van der Waals surface area contributed by atoms with E-state index < -0.39 is 0 Å². The molecule has 0 unspecified atom stereocenters. The fourth-order valence-corrected chi connectivity index (χ4v) is 5.69. The molecule has 246 valence electrons. The molecular formula is C34H44N6O6. The van der Waals surface area contributed by atoms with Gasteiger partial charge in [-0.25, -0.2) is 9.97 Å². The zero-order valence-corrected chi connectivity index (χ0v) is 26.4. The molecule has 5 rings (SSSR count). The number of likely N-dealkylation sites (N-methyl/N-ethyl adjacent to an activating group) is 1. The first kappa shape index (κ1) is 35.5. The van der Waals surface area contributed by atoms with Gasteiger partial charge in [0.05, 0.1) is 0 Å². The number of carboxylic acid groups (broad SMARTS) is 2. The number of rotatable bonds is 11. The number of nitrogen functional groups attached to an aromatic ring is 1. The number of fused-ring (bicyclic) bond motifs is 1. The molecule has 1 saturated carbocycles. The lowest BCUT2D eigenvalue weighted by molar-refractivity contribution is -0.126. The molecule has 5 N–H and O–H groups in total. The smallest absolute Gasteiger partial charge is 0.290 e. The SMILES string of the molecule is CCN(CC)CCNC(=O)C1CCC(c2nc(-c3cccc(OCc4ccccc4)c3)c3c(N)nccn23)CC1.O=CO.O=CO. The van der Waals surface area contributed by atoms with Crippen molar-refractivity contribution in [1.29, 1.82) is 0 Å². The van der Waals surface area contributed by atoms with Gasteiger partial charge in [-0.15, -0.1) is 0 Å². The van der Waals surface area contributed by atoms with E-state index in [-0.39, 0.29) is 30.7 Å². The zero-order valence-electron chi connectivity index (χ0n) is 26.4. The predicted molar refractivity (Wildman–Crippen MR) is 176 cm³/mol. The largest absolute Gasteiger partial charge is 0.489 e. The Hall–Kier alpha value is -4.97. The minimum atomic E-state index is -0.250. The Morgan fingerprint density at radius 3 is 2.37 bits per heavy atom. The van der Waals surface area contributed by atoms with Crippen LogP contribution in [-0.2, 0) is 21.0 Å². The van der Waals surface area contributed by atoms with Crippen molar-refractivity contribution in [3.8, 4) is 17.0 Å².